The molecule has 2 unspecified atom stereocenters. The van der Waals surface area contributed by atoms with Gasteiger partial charge in [0, 0.05) is 13.2 Å². The van der Waals surface area contributed by atoms with Crippen molar-refractivity contribution in [3.63, 3.8) is 0 Å². The molecule has 0 saturated carbocycles. The van der Waals surface area contributed by atoms with Crippen molar-refractivity contribution in [1.82, 2.24) is 10.2 Å². The van der Waals surface area contributed by atoms with E-state index in [0.29, 0.717) is 18.5 Å². The van der Waals surface area contributed by atoms with Gasteiger partial charge in [-0.1, -0.05) is 5.10 Å². The number of anilines is 1. The Morgan fingerprint density at radius 1 is 1.60 bits per heavy atom. The summed E-state index contributed by atoms with van der Waals surface area (Å²) in [5, 5.41) is 10.7. The van der Waals surface area contributed by atoms with E-state index in [0.717, 1.165) is 19.4 Å². The molecule has 15 heavy (non-hydrogen) atoms. The Morgan fingerprint density at radius 3 is 3.07 bits per heavy atom. The Morgan fingerprint density at radius 2 is 2.47 bits per heavy atom. The number of rotatable bonds is 4. The molecule has 0 amide bonds. The zero-order valence-corrected chi connectivity index (χ0v) is 8.77. The minimum Gasteiger partial charge on any atom is -0.406 e. The predicted octanol–water partition coefficient (Wildman–Crippen LogP) is 0.680. The van der Waals surface area contributed by atoms with Crippen LogP contribution in [0.15, 0.2) is 4.42 Å². The van der Waals surface area contributed by atoms with Crippen molar-refractivity contribution in [2.24, 2.45) is 5.73 Å². The van der Waals surface area contributed by atoms with Gasteiger partial charge in [0.1, 0.15) is 0 Å². The van der Waals surface area contributed by atoms with Crippen LogP contribution in [0.25, 0.3) is 0 Å². The highest BCUT2D eigenvalue weighted by atomic mass is 16.5. The fraction of sp³-hybridized carbons (Fsp3) is 0.778. The Hall–Kier alpha value is -1.14. The number of hydrogen-bond acceptors (Lipinski definition) is 6. The van der Waals surface area contributed by atoms with E-state index in [1.54, 1.807) is 6.92 Å². The molecule has 0 aliphatic carbocycles. The molecule has 1 saturated heterocycles. The molecule has 3 N–H and O–H groups in total. The van der Waals surface area contributed by atoms with Gasteiger partial charge in [-0.3, -0.25) is 0 Å². The van der Waals surface area contributed by atoms with Gasteiger partial charge < -0.3 is 20.2 Å². The molecule has 1 aliphatic heterocycles. The van der Waals surface area contributed by atoms with E-state index < -0.39 is 0 Å². The van der Waals surface area contributed by atoms with Crippen LogP contribution in [0.4, 0.5) is 6.01 Å². The molecular formula is C9H16N4O2. The average Bonchev–Trinajstić information content (AvgIpc) is 2.86. The minimum absolute atomic E-state index is 0.226. The summed E-state index contributed by atoms with van der Waals surface area (Å²) >= 11 is 0. The summed E-state index contributed by atoms with van der Waals surface area (Å²) in [4.78, 5) is 0. The monoisotopic (exact) mass is 212 g/mol. The van der Waals surface area contributed by atoms with E-state index in [1.807, 2.05) is 0 Å². The molecule has 6 nitrogen and oxygen atoms in total. The fourth-order valence-electron chi connectivity index (χ4n) is 1.50. The lowest BCUT2D eigenvalue weighted by molar-refractivity contribution is 0.120. The Bertz CT molecular complexity index is 307. The van der Waals surface area contributed by atoms with Crippen LogP contribution in [0.5, 0.6) is 0 Å². The zero-order chi connectivity index (χ0) is 10.7. The largest absolute Gasteiger partial charge is 0.406 e. The highest BCUT2D eigenvalue weighted by Gasteiger charge is 2.16. The van der Waals surface area contributed by atoms with Crippen LogP contribution in [0.1, 0.15) is 31.7 Å². The van der Waals surface area contributed by atoms with Crippen LogP contribution in [-0.2, 0) is 4.74 Å². The molecule has 1 aliphatic rings. The fourth-order valence-corrected chi connectivity index (χ4v) is 1.50. The Balaban J connectivity index is 1.82. The van der Waals surface area contributed by atoms with Crippen molar-refractivity contribution >= 4 is 6.01 Å². The number of nitrogens with two attached hydrogens (primary N) is 1. The topological polar surface area (TPSA) is 86.2 Å². The molecule has 0 spiro atoms. The summed E-state index contributed by atoms with van der Waals surface area (Å²) in [5.74, 6) is 0.449. The van der Waals surface area contributed by atoms with Crippen LogP contribution < -0.4 is 11.1 Å². The van der Waals surface area contributed by atoms with Crippen molar-refractivity contribution in [1.29, 1.82) is 0 Å². The molecule has 0 radical (unpaired) electrons. The SMILES string of the molecule is CC(N)c1nnc(NCC2CCCO2)o1. The van der Waals surface area contributed by atoms with Crippen LogP contribution in [0.3, 0.4) is 0 Å². The summed E-state index contributed by atoms with van der Waals surface area (Å²) in [7, 11) is 0. The summed E-state index contributed by atoms with van der Waals surface area (Å²) in [6.07, 6.45) is 2.47. The van der Waals surface area contributed by atoms with Gasteiger partial charge in [-0.2, -0.15) is 0 Å². The van der Waals surface area contributed by atoms with E-state index in [1.165, 1.54) is 0 Å². The molecule has 0 aromatic carbocycles. The molecule has 1 fully saturated rings. The highest BCUT2D eigenvalue weighted by Crippen LogP contribution is 2.14. The van der Waals surface area contributed by atoms with Crippen molar-refractivity contribution in [2.75, 3.05) is 18.5 Å². The van der Waals surface area contributed by atoms with Gasteiger partial charge in [0.15, 0.2) is 0 Å². The second-order valence-corrected chi connectivity index (χ2v) is 3.75. The number of aromatic nitrogens is 2. The molecule has 1 aromatic rings. The van der Waals surface area contributed by atoms with E-state index >= 15 is 0 Å². The first-order valence-electron chi connectivity index (χ1n) is 5.20. The van der Waals surface area contributed by atoms with Gasteiger partial charge in [-0.15, -0.1) is 5.10 Å². The second kappa shape index (κ2) is 4.59. The summed E-state index contributed by atoms with van der Waals surface area (Å²) in [5.41, 5.74) is 5.60. The molecule has 84 valence electrons. The van der Waals surface area contributed by atoms with Gasteiger partial charge in [0.25, 0.3) is 0 Å². The maximum atomic E-state index is 5.60. The molecule has 6 heteroatoms. The lowest BCUT2D eigenvalue weighted by Crippen LogP contribution is -2.18. The maximum absolute atomic E-state index is 5.60. The van der Waals surface area contributed by atoms with E-state index in [4.69, 9.17) is 14.9 Å². The van der Waals surface area contributed by atoms with E-state index in [9.17, 15) is 0 Å². The lowest BCUT2D eigenvalue weighted by Gasteiger charge is -2.08. The van der Waals surface area contributed by atoms with Gasteiger partial charge in [-0.25, -0.2) is 0 Å². The summed E-state index contributed by atoms with van der Waals surface area (Å²) in [6, 6.07) is 0.189. The van der Waals surface area contributed by atoms with Crippen LogP contribution in [0, 0.1) is 0 Å². The Kier molecular flexibility index (Phi) is 3.17. The third-order valence-corrected chi connectivity index (χ3v) is 2.34. The Labute approximate surface area is 88.2 Å². The maximum Gasteiger partial charge on any atom is 0.315 e. The third-order valence-electron chi connectivity index (χ3n) is 2.34. The average molecular weight is 212 g/mol. The first kappa shape index (κ1) is 10.4. The van der Waals surface area contributed by atoms with Crippen molar-refractivity contribution < 1.29 is 9.15 Å². The molecule has 2 heterocycles. The van der Waals surface area contributed by atoms with Crippen molar-refractivity contribution in [3.8, 4) is 0 Å². The van der Waals surface area contributed by atoms with E-state index in [2.05, 4.69) is 15.5 Å². The third kappa shape index (κ3) is 2.66. The smallest absolute Gasteiger partial charge is 0.315 e. The quantitative estimate of drug-likeness (QED) is 0.763. The van der Waals surface area contributed by atoms with Crippen molar-refractivity contribution in [2.45, 2.75) is 31.9 Å². The van der Waals surface area contributed by atoms with Crippen molar-refractivity contribution in [3.05, 3.63) is 5.89 Å². The van der Waals surface area contributed by atoms with Gasteiger partial charge in [0.2, 0.25) is 5.89 Å². The molecule has 1 aromatic heterocycles. The zero-order valence-electron chi connectivity index (χ0n) is 8.77. The normalized spacial score (nSPS) is 22.9. The first-order valence-corrected chi connectivity index (χ1v) is 5.20. The highest BCUT2D eigenvalue weighted by molar-refractivity contribution is 5.17. The lowest BCUT2D eigenvalue weighted by atomic mass is 10.2. The van der Waals surface area contributed by atoms with Crippen LogP contribution in [0.2, 0.25) is 0 Å². The van der Waals surface area contributed by atoms with Crippen LogP contribution in [-0.4, -0.2) is 29.5 Å². The summed E-state index contributed by atoms with van der Waals surface area (Å²) < 4.78 is 10.7. The minimum atomic E-state index is -0.226. The molecule has 2 rings (SSSR count). The number of nitrogens with one attached hydrogen (secondary N) is 1. The number of ether oxygens (including phenoxy) is 1. The van der Waals surface area contributed by atoms with Gasteiger partial charge in [0.05, 0.1) is 12.1 Å². The predicted molar refractivity (Wildman–Crippen MR) is 54.4 cm³/mol. The van der Waals surface area contributed by atoms with Gasteiger partial charge in [-0.05, 0) is 19.8 Å². The number of nitrogens with zero attached hydrogens (tertiary/aromatic N) is 2. The molecule has 0 bridgehead atoms. The molecular weight excluding hydrogens is 196 g/mol. The standard InChI is InChI=1S/C9H16N4O2/c1-6(10)8-12-13-9(15-8)11-5-7-3-2-4-14-7/h6-7H,2-5,10H2,1H3,(H,11,13). The molecule has 2 atom stereocenters. The first-order chi connectivity index (χ1) is 7.25. The second-order valence-electron chi connectivity index (χ2n) is 3.75. The summed E-state index contributed by atoms with van der Waals surface area (Å²) in [6.45, 7) is 3.36. The number of hydrogen-bond donors (Lipinski definition) is 2. The van der Waals surface area contributed by atoms with Gasteiger partial charge >= 0.3 is 6.01 Å². The van der Waals surface area contributed by atoms with E-state index in [-0.39, 0.29) is 12.1 Å². The van der Waals surface area contributed by atoms with Crippen LogP contribution >= 0.6 is 0 Å².